The van der Waals surface area contributed by atoms with Crippen molar-refractivity contribution in [1.82, 2.24) is 20.0 Å². The Morgan fingerprint density at radius 1 is 1.20 bits per heavy atom. The van der Waals surface area contributed by atoms with E-state index in [0.29, 0.717) is 0 Å². The average Bonchev–Trinajstić information content (AvgIpc) is 2.97. The van der Waals surface area contributed by atoms with Gasteiger partial charge in [0.05, 0.1) is 13.3 Å². The Kier molecular flexibility index (Phi) is 4.44. The molecule has 5 rings (SSSR count). The van der Waals surface area contributed by atoms with Gasteiger partial charge in [-0.2, -0.15) is 9.78 Å². The predicted molar refractivity (Wildman–Crippen MR) is 95.7 cm³/mol. The average molecular weight is 340 g/mol. The van der Waals surface area contributed by atoms with E-state index in [1.165, 1.54) is 30.6 Å². The van der Waals surface area contributed by atoms with Gasteiger partial charge in [-0.1, -0.05) is 12.1 Å². The monoisotopic (exact) mass is 340 g/mol. The summed E-state index contributed by atoms with van der Waals surface area (Å²) in [7, 11) is 1.65. The van der Waals surface area contributed by atoms with Gasteiger partial charge in [-0.3, -0.25) is 0 Å². The predicted octanol–water partition coefficient (Wildman–Crippen LogP) is 2.60. The van der Waals surface area contributed by atoms with E-state index in [9.17, 15) is 4.79 Å². The van der Waals surface area contributed by atoms with Crippen LogP contribution in [0.25, 0.3) is 11.1 Å². The molecule has 3 fully saturated rings. The molecule has 3 saturated heterocycles. The van der Waals surface area contributed by atoms with Crippen LogP contribution in [0.1, 0.15) is 19.3 Å². The Bertz CT molecular complexity index is 718. The summed E-state index contributed by atoms with van der Waals surface area (Å²) in [6.45, 7) is 3.29. The van der Waals surface area contributed by atoms with Crippen LogP contribution in [0, 0.1) is 5.92 Å². The summed E-state index contributed by atoms with van der Waals surface area (Å²) in [5, 5.41) is 7.40. The van der Waals surface area contributed by atoms with Crippen LogP contribution < -0.4 is 10.1 Å². The van der Waals surface area contributed by atoms with E-state index in [1.54, 1.807) is 19.5 Å². The highest BCUT2D eigenvalue weighted by Crippen LogP contribution is 2.27. The molecule has 4 heterocycles. The molecule has 132 valence electrons. The second-order valence-electron chi connectivity index (χ2n) is 7.03. The summed E-state index contributed by atoms with van der Waals surface area (Å²) in [6, 6.07) is 7.82. The maximum atomic E-state index is 12.6. The van der Waals surface area contributed by atoms with Crippen molar-refractivity contribution in [3.05, 3.63) is 36.7 Å². The van der Waals surface area contributed by atoms with Crippen LogP contribution in [0.4, 0.5) is 4.79 Å². The molecule has 3 aliphatic rings. The van der Waals surface area contributed by atoms with E-state index in [4.69, 9.17) is 4.74 Å². The zero-order valence-corrected chi connectivity index (χ0v) is 14.5. The molecule has 25 heavy (non-hydrogen) atoms. The zero-order chi connectivity index (χ0) is 17.2. The number of fused-ring (bicyclic) bond motifs is 4. The summed E-state index contributed by atoms with van der Waals surface area (Å²) in [5.74, 6) is 1.56. The third kappa shape index (κ3) is 3.54. The number of aromatic nitrogens is 2. The standard InChI is InChI=1S/C19H24N4O2/c1-25-18-4-2-15(3-5-18)16-11-20-23(12-16)19(24)21-17-10-14-6-8-22(13-17)9-7-14/h2-5,11-12,14,17H,6-10,13H2,1H3,(H,21,24). The first-order chi connectivity index (χ1) is 12.2. The molecule has 1 unspecified atom stereocenters. The molecular formula is C19H24N4O2. The van der Waals surface area contributed by atoms with Gasteiger partial charge in [0.15, 0.2) is 0 Å². The Balaban J connectivity index is 1.43. The first-order valence-corrected chi connectivity index (χ1v) is 8.93. The highest BCUT2D eigenvalue weighted by molar-refractivity contribution is 5.77. The largest absolute Gasteiger partial charge is 0.497 e. The van der Waals surface area contributed by atoms with Crippen molar-refractivity contribution in [3.8, 4) is 16.9 Å². The minimum Gasteiger partial charge on any atom is -0.497 e. The van der Waals surface area contributed by atoms with Gasteiger partial charge in [0.1, 0.15) is 5.75 Å². The summed E-state index contributed by atoms with van der Waals surface area (Å²) in [5.41, 5.74) is 1.93. The molecule has 3 aliphatic heterocycles. The second kappa shape index (κ2) is 6.88. The summed E-state index contributed by atoms with van der Waals surface area (Å²) >= 11 is 0. The quantitative estimate of drug-likeness (QED) is 0.933. The number of carbonyl (C=O) groups excluding carboxylic acids is 1. The normalized spacial score (nSPS) is 25.4. The van der Waals surface area contributed by atoms with Crippen molar-refractivity contribution in [2.75, 3.05) is 26.7 Å². The van der Waals surface area contributed by atoms with Gasteiger partial charge >= 0.3 is 6.03 Å². The molecular weight excluding hydrogens is 316 g/mol. The van der Waals surface area contributed by atoms with Crippen LogP contribution in [-0.2, 0) is 0 Å². The molecule has 6 nitrogen and oxygen atoms in total. The van der Waals surface area contributed by atoms with Crippen LogP contribution in [0.5, 0.6) is 5.75 Å². The minimum absolute atomic E-state index is 0.146. The van der Waals surface area contributed by atoms with E-state index in [1.807, 2.05) is 24.3 Å². The molecule has 1 amide bonds. The van der Waals surface area contributed by atoms with Crippen LogP contribution >= 0.6 is 0 Å². The van der Waals surface area contributed by atoms with Gasteiger partial charge in [-0.15, -0.1) is 0 Å². The van der Waals surface area contributed by atoms with E-state index in [-0.39, 0.29) is 12.1 Å². The maximum absolute atomic E-state index is 12.6. The molecule has 6 heteroatoms. The van der Waals surface area contributed by atoms with Crippen LogP contribution in [0.15, 0.2) is 36.7 Å². The maximum Gasteiger partial charge on any atom is 0.342 e. The van der Waals surface area contributed by atoms with Gasteiger partial charge < -0.3 is 15.0 Å². The molecule has 1 aromatic carbocycles. The molecule has 1 atom stereocenters. The Morgan fingerprint density at radius 2 is 1.96 bits per heavy atom. The topological polar surface area (TPSA) is 59.4 Å². The molecule has 0 saturated carbocycles. The lowest BCUT2D eigenvalue weighted by Gasteiger charge is -2.26. The van der Waals surface area contributed by atoms with Gasteiger partial charge in [0.2, 0.25) is 0 Å². The Hall–Kier alpha value is -2.34. The summed E-state index contributed by atoms with van der Waals surface area (Å²) in [4.78, 5) is 15.0. The molecule has 0 spiro atoms. The molecule has 0 radical (unpaired) electrons. The fraction of sp³-hybridized carbons (Fsp3) is 0.474. The first-order valence-electron chi connectivity index (χ1n) is 8.93. The highest BCUT2D eigenvalue weighted by Gasteiger charge is 2.30. The number of carbonyl (C=O) groups is 1. The summed E-state index contributed by atoms with van der Waals surface area (Å²) in [6.07, 6.45) is 7.10. The Morgan fingerprint density at radius 3 is 2.68 bits per heavy atom. The van der Waals surface area contributed by atoms with Crippen LogP contribution in [0.2, 0.25) is 0 Å². The second-order valence-corrected chi connectivity index (χ2v) is 7.03. The summed E-state index contributed by atoms with van der Waals surface area (Å²) < 4.78 is 6.58. The smallest absolute Gasteiger partial charge is 0.342 e. The molecule has 0 aliphatic carbocycles. The Labute approximate surface area is 147 Å². The van der Waals surface area contributed by atoms with E-state index in [0.717, 1.165) is 35.8 Å². The fourth-order valence-electron chi connectivity index (χ4n) is 3.91. The number of nitrogens with one attached hydrogen (secondary N) is 1. The number of rotatable bonds is 3. The number of ether oxygens (including phenoxy) is 1. The van der Waals surface area contributed by atoms with Crippen LogP contribution in [0.3, 0.4) is 0 Å². The van der Waals surface area contributed by atoms with E-state index < -0.39 is 0 Å². The number of nitrogens with zero attached hydrogens (tertiary/aromatic N) is 3. The number of piperidine rings is 1. The molecule has 2 aromatic rings. The lowest BCUT2D eigenvalue weighted by Crippen LogP contribution is -2.43. The molecule has 1 aromatic heterocycles. The van der Waals surface area contributed by atoms with Gasteiger partial charge in [-0.05, 0) is 56.0 Å². The van der Waals surface area contributed by atoms with Crippen molar-refractivity contribution >= 4 is 6.03 Å². The van der Waals surface area contributed by atoms with E-state index >= 15 is 0 Å². The van der Waals surface area contributed by atoms with Crippen molar-refractivity contribution in [2.45, 2.75) is 25.3 Å². The SMILES string of the molecule is COc1ccc(-c2cnn(C(=O)NC3CC4CCN(CC4)C3)c2)cc1. The number of hydrogen-bond donors (Lipinski definition) is 1. The van der Waals surface area contributed by atoms with Gasteiger partial charge in [-0.25, -0.2) is 4.79 Å². The van der Waals surface area contributed by atoms with Crippen molar-refractivity contribution in [2.24, 2.45) is 5.92 Å². The van der Waals surface area contributed by atoms with Gasteiger partial charge in [0.25, 0.3) is 0 Å². The van der Waals surface area contributed by atoms with Crippen molar-refractivity contribution < 1.29 is 9.53 Å². The number of benzene rings is 1. The van der Waals surface area contributed by atoms with Gasteiger partial charge in [0, 0.05) is 24.3 Å². The lowest BCUT2D eigenvalue weighted by atomic mass is 9.94. The van der Waals surface area contributed by atoms with E-state index in [2.05, 4.69) is 15.3 Å². The number of hydrogen-bond acceptors (Lipinski definition) is 4. The molecule has 2 bridgehead atoms. The molecule has 1 N–H and O–H groups in total. The number of amides is 1. The third-order valence-electron chi connectivity index (χ3n) is 5.35. The fourth-order valence-corrected chi connectivity index (χ4v) is 3.91. The highest BCUT2D eigenvalue weighted by atomic mass is 16.5. The van der Waals surface area contributed by atoms with Crippen molar-refractivity contribution in [1.29, 1.82) is 0 Å². The van der Waals surface area contributed by atoms with Crippen molar-refractivity contribution in [3.63, 3.8) is 0 Å². The minimum atomic E-state index is -0.146. The zero-order valence-electron chi connectivity index (χ0n) is 14.5. The number of methoxy groups -OCH3 is 1. The first kappa shape index (κ1) is 16.1. The lowest BCUT2D eigenvalue weighted by molar-refractivity contribution is 0.216. The third-order valence-corrected chi connectivity index (χ3v) is 5.35. The van der Waals surface area contributed by atoms with Crippen LogP contribution in [-0.4, -0.2) is 53.5 Å².